The highest BCUT2D eigenvalue weighted by Crippen LogP contribution is 2.60. The highest BCUT2D eigenvalue weighted by molar-refractivity contribution is 9.12. The molecule has 3 aliphatic rings. The summed E-state index contributed by atoms with van der Waals surface area (Å²) in [5.74, 6) is -1.05. The third-order valence-corrected chi connectivity index (χ3v) is 10.6. The molecule has 1 aromatic rings. The Balaban J connectivity index is 1.55. The molecule has 8 heteroatoms. The van der Waals surface area contributed by atoms with Crippen molar-refractivity contribution in [3.63, 3.8) is 0 Å². The summed E-state index contributed by atoms with van der Waals surface area (Å²) >= 11 is 10.8. The molecule has 0 spiro atoms. The van der Waals surface area contributed by atoms with Crippen LogP contribution in [0, 0.1) is 37.5 Å². The summed E-state index contributed by atoms with van der Waals surface area (Å²) in [5.41, 5.74) is 2.61. The van der Waals surface area contributed by atoms with Gasteiger partial charge in [-0.3, -0.25) is 19.3 Å². The summed E-state index contributed by atoms with van der Waals surface area (Å²) in [6.07, 6.45) is 0.879. The maximum absolute atomic E-state index is 13.1. The number of aryl methyl sites for hydroxylation is 2. The van der Waals surface area contributed by atoms with E-state index in [-0.39, 0.29) is 51.0 Å². The number of imide groups is 1. The first kappa shape index (κ1) is 20.5. The van der Waals surface area contributed by atoms with Crippen molar-refractivity contribution < 1.29 is 14.4 Å². The minimum atomic E-state index is -0.837. The number of alkyl halides is 2. The second-order valence-corrected chi connectivity index (χ2v) is 11.1. The van der Waals surface area contributed by atoms with Crippen LogP contribution < -0.4 is 5.32 Å². The third-order valence-electron chi connectivity index (χ3n) is 6.55. The molecule has 1 aliphatic heterocycles. The van der Waals surface area contributed by atoms with Gasteiger partial charge in [0.2, 0.25) is 17.7 Å². The molecule has 0 radical (unpaired) electrons. The standard InChI is InChI=1S/C20H21Br3N2O3/c1-7-5-13(8(2)4-12(7)21)24-18(26)9(3)25-19(27)14-10-6-11(15(14)20(25)28)17(23)16(10)22/h4-5,9-11,14-17H,6H2,1-3H3,(H,24,26)/t9-,10+,11+,14+,15+,16-,17-/m0/s1. The van der Waals surface area contributed by atoms with Gasteiger partial charge in [0.15, 0.2) is 0 Å². The molecular formula is C20H21Br3N2O3. The van der Waals surface area contributed by atoms with E-state index in [2.05, 4.69) is 53.1 Å². The fourth-order valence-corrected chi connectivity index (χ4v) is 7.35. The Morgan fingerprint density at radius 1 is 1.07 bits per heavy atom. The van der Waals surface area contributed by atoms with E-state index >= 15 is 0 Å². The number of halogens is 3. The van der Waals surface area contributed by atoms with Crippen molar-refractivity contribution in [2.24, 2.45) is 23.7 Å². The SMILES string of the molecule is Cc1cc(NC(=O)[C@H](C)N2C(=O)[C@@H]3[C@H]4C[C@@H]([C@H](Br)[C@H]4Br)[C@H]3C2=O)c(C)cc1Br. The van der Waals surface area contributed by atoms with E-state index < -0.39 is 6.04 Å². The number of nitrogens with zero attached hydrogens (tertiary/aromatic N) is 1. The molecule has 0 aromatic heterocycles. The van der Waals surface area contributed by atoms with E-state index in [1.165, 1.54) is 4.90 Å². The fraction of sp³-hybridized carbons (Fsp3) is 0.550. The van der Waals surface area contributed by atoms with Crippen molar-refractivity contribution in [1.82, 2.24) is 4.90 Å². The minimum absolute atomic E-state index is 0.146. The van der Waals surface area contributed by atoms with Crippen molar-refractivity contribution >= 4 is 71.2 Å². The number of hydrogen-bond acceptors (Lipinski definition) is 3. The molecule has 3 amide bonds. The molecule has 2 aliphatic carbocycles. The first-order chi connectivity index (χ1) is 13.1. The average molecular weight is 577 g/mol. The lowest BCUT2D eigenvalue weighted by molar-refractivity contribution is -0.146. The van der Waals surface area contributed by atoms with Crippen LogP contribution in [-0.4, -0.2) is 38.3 Å². The first-order valence-electron chi connectivity index (χ1n) is 9.36. The molecule has 7 atom stereocenters. The predicted octanol–water partition coefficient (Wildman–Crippen LogP) is 4.17. The maximum atomic E-state index is 13.1. The van der Waals surface area contributed by atoms with E-state index in [1.54, 1.807) is 6.92 Å². The molecule has 2 saturated carbocycles. The molecule has 5 nitrogen and oxygen atoms in total. The van der Waals surface area contributed by atoms with Gasteiger partial charge in [0, 0.05) is 19.8 Å². The Hall–Kier alpha value is -0.730. The van der Waals surface area contributed by atoms with Crippen LogP contribution in [0.3, 0.4) is 0 Å². The van der Waals surface area contributed by atoms with Gasteiger partial charge in [-0.2, -0.15) is 0 Å². The summed E-state index contributed by atoms with van der Waals surface area (Å²) in [5, 5.41) is 2.89. The van der Waals surface area contributed by atoms with E-state index in [4.69, 9.17) is 0 Å². The smallest absolute Gasteiger partial charge is 0.247 e. The van der Waals surface area contributed by atoms with Crippen molar-refractivity contribution in [1.29, 1.82) is 0 Å². The second-order valence-electron chi connectivity index (χ2n) is 8.13. The number of hydrogen-bond donors (Lipinski definition) is 1. The number of amides is 3. The van der Waals surface area contributed by atoms with Crippen LogP contribution in [0.2, 0.25) is 0 Å². The largest absolute Gasteiger partial charge is 0.324 e. The number of likely N-dealkylation sites (tertiary alicyclic amines) is 1. The molecule has 4 rings (SSSR count). The number of anilines is 1. The zero-order valence-corrected chi connectivity index (χ0v) is 20.5. The summed E-state index contributed by atoms with van der Waals surface area (Å²) in [7, 11) is 0. The highest BCUT2D eigenvalue weighted by Gasteiger charge is 2.67. The van der Waals surface area contributed by atoms with Gasteiger partial charge in [0.1, 0.15) is 6.04 Å². The van der Waals surface area contributed by atoms with Gasteiger partial charge in [0.05, 0.1) is 11.8 Å². The molecule has 1 N–H and O–H groups in total. The lowest BCUT2D eigenvalue weighted by Gasteiger charge is -2.28. The molecule has 2 bridgehead atoms. The maximum Gasteiger partial charge on any atom is 0.247 e. The monoisotopic (exact) mass is 574 g/mol. The van der Waals surface area contributed by atoms with Crippen LogP contribution in [0.5, 0.6) is 0 Å². The molecule has 0 unspecified atom stereocenters. The molecule has 1 aromatic carbocycles. The molecule has 150 valence electrons. The molecular weight excluding hydrogens is 556 g/mol. The van der Waals surface area contributed by atoms with Gasteiger partial charge in [-0.15, -0.1) is 0 Å². The third kappa shape index (κ3) is 2.93. The molecule has 1 saturated heterocycles. The Morgan fingerprint density at radius 2 is 1.61 bits per heavy atom. The van der Waals surface area contributed by atoms with Crippen molar-refractivity contribution in [2.75, 3.05) is 5.32 Å². The summed E-state index contributed by atoms with van der Waals surface area (Å²) in [4.78, 5) is 40.6. The molecule has 3 fully saturated rings. The Morgan fingerprint density at radius 3 is 2.14 bits per heavy atom. The van der Waals surface area contributed by atoms with Crippen LogP contribution in [-0.2, 0) is 14.4 Å². The predicted molar refractivity (Wildman–Crippen MR) is 118 cm³/mol. The van der Waals surface area contributed by atoms with Gasteiger partial charge in [0.25, 0.3) is 0 Å². The van der Waals surface area contributed by atoms with Gasteiger partial charge in [-0.25, -0.2) is 0 Å². The number of fused-ring (bicyclic) bond motifs is 5. The lowest BCUT2D eigenvalue weighted by atomic mass is 9.81. The van der Waals surface area contributed by atoms with E-state index in [1.807, 2.05) is 26.0 Å². The van der Waals surface area contributed by atoms with E-state index in [9.17, 15) is 14.4 Å². The second kappa shape index (κ2) is 7.20. The lowest BCUT2D eigenvalue weighted by Crippen LogP contribution is -2.46. The van der Waals surface area contributed by atoms with Gasteiger partial charge in [-0.1, -0.05) is 47.8 Å². The minimum Gasteiger partial charge on any atom is -0.324 e. The quantitative estimate of drug-likeness (QED) is 0.434. The van der Waals surface area contributed by atoms with E-state index in [0.29, 0.717) is 5.69 Å². The van der Waals surface area contributed by atoms with Gasteiger partial charge in [-0.05, 0) is 62.3 Å². The molecule has 28 heavy (non-hydrogen) atoms. The van der Waals surface area contributed by atoms with Crippen molar-refractivity contribution in [3.05, 3.63) is 27.7 Å². The summed E-state index contributed by atoms with van der Waals surface area (Å²) in [6, 6.07) is 2.99. The van der Waals surface area contributed by atoms with Crippen LogP contribution in [0.25, 0.3) is 0 Å². The summed E-state index contributed by atoms with van der Waals surface area (Å²) < 4.78 is 0.970. The Bertz CT molecular complexity index is 858. The number of carbonyl (C=O) groups excluding carboxylic acids is 3. The van der Waals surface area contributed by atoms with Crippen LogP contribution in [0.4, 0.5) is 5.69 Å². The Labute approximate surface area is 189 Å². The Kier molecular flexibility index (Phi) is 5.28. The zero-order valence-electron chi connectivity index (χ0n) is 15.7. The fourth-order valence-electron chi connectivity index (χ4n) is 5.02. The number of carbonyl (C=O) groups is 3. The topological polar surface area (TPSA) is 66.5 Å². The van der Waals surface area contributed by atoms with Crippen LogP contribution in [0.15, 0.2) is 16.6 Å². The van der Waals surface area contributed by atoms with Gasteiger partial charge >= 0.3 is 0 Å². The molecule has 1 heterocycles. The number of benzene rings is 1. The zero-order chi connectivity index (χ0) is 20.5. The van der Waals surface area contributed by atoms with Crippen molar-refractivity contribution in [2.45, 2.75) is 42.9 Å². The van der Waals surface area contributed by atoms with Crippen LogP contribution >= 0.6 is 47.8 Å². The summed E-state index contributed by atoms with van der Waals surface area (Å²) in [6.45, 7) is 5.48. The van der Waals surface area contributed by atoms with Crippen LogP contribution in [0.1, 0.15) is 24.5 Å². The number of nitrogens with one attached hydrogen (secondary N) is 1. The number of rotatable bonds is 3. The van der Waals surface area contributed by atoms with E-state index in [0.717, 1.165) is 22.0 Å². The van der Waals surface area contributed by atoms with Crippen molar-refractivity contribution in [3.8, 4) is 0 Å². The first-order valence-corrected chi connectivity index (χ1v) is 12.0. The highest BCUT2D eigenvalue weighted by atomic mass is 79.9. The normalized spacial score (nSPS) is 34.7. The average Bonchev–Trinajstić information content (AvgIpc) is 3.24. The van der Waals surface area contributed by atoms with Gasteiger partial charge < -0.3 is 5.32 Å².